The summed E-state index contributed by atoms with van der Waals surface area (Å²) in [7, 11) is 0. The number of halogens is 3. The van der Waals surface area contributed by atoms with Crippen molar-refractivity contribution in [1.82, 2.24) is 5.32 Å². The van der Waals surface area contributed by atoms with E-state index in [1.165, 1.54) is 6.07 Å². The van der Waals surface area contributed by atoms with Gasteiger partial charge in [0.05, 0.1) is 17.3 Å². The zero-order chi connectivity index (χ0) is 13.1. The van der Waals surface area contributed by atoms with Crippen molar-refractivity contribution in [3.63, 3.8) is 0 Å². The van der Waals surface area contributed by atoms with Gasteiger partial charge in [0.15, 0.2) is 11.6 Å². The molecule has 1 heterocycles. The highest BCUT2D eigenvalue weighted by Crippen LogP contribution is 2.20. The molecular formula is C13H12BrF2NO. The van der Waals surface area contributed by atoms with Crippen LogP contribution in [0, 0.1) is 11.6 Å². The first kappa shape index (κ1) is 13.2. The van der Waals surface area contributed by atoms with Crippen molar-refractivity contribution in [2.45, 2.75) is 19.5 Å². The Morgan fingerprint density at radius 2 is 2.06 bits per heavy atom. The summed E-state index contributed by atoms with van der Waals surface area (Å²) in [6.07, 6.45) is 1.59. The lowest BCUT2D eigenvalue weighted by Gasteiger charge is -2.13. The molecule has 0 aliphatic heterocycles. The SMILES string of the molecule is CC(NCc1occc1Br)c1ccc(F)c(F)c1. The molecule has 0 saturated heterocycles. The lowest BCUT2D eigenvalue weighted by molar-refractivity contribution is 0.455. The van der Waals surface area contributed by atoms with E-state index in [2.05, 4.69) is 21.2 Å². The van der Waals surface area contributed by atoms with E-state index in [1.807, 2.05) is 6.92 Å². The second-order valence-corrected chi connectivity index (χ2v) is 4.82. The lowest BCUT2D eigenvalue weighted by atomic mass is 10.1. The predicted molar refractivity (Wildman–Crippen MR) is 68.0 cm³/mol. The van der Waals surface area contributed by atoms with E-state index in [0.717, 1.165) is 16.3 Å². The van der Waals surface area contributed by atoms with Crippen molar-refractivity contribution in [1.29, 1.82) is 0 Å². The fourth-order valence-electron chi connectivity index (χ4n) is 1.60. The van der Waals surface area contributed by atoms with Crippen molar-refractivity contribution in [3.8, 4) is 0 Å². The maximum absolute atomic E-state index is 13.1. The second-order valence-electron chi connectivity index (χ2n) is 3.97. The third kappa shape index (κ3) is 2.97. The van der Waals surface area contributed by atoms with Gasteiger partial charge in [-0.2, -0.15) is 0 Å². The Bertz CT molecular complexity index is 542. The normalized spacial score (nSPS) is 12.7. The Labute approximate surface area is 112 Å². The van der Waals surface area contributed by atoms with Crippen molar-refractivity contribution in [2.24, 2.45) is 0 Å². The largest absolute Gasteiger partial charge is 0.467 e. The Kier molecular flexibility index (Phi) is 4.14. The smallest absolute Gasteiger partial charge is 0.159 e. The van der Waals surface area contributed by atoms with Crippen LogP contribution in [0.15, 0.2) is 39.4 Å². The van der Waals surface area contributed by atoms with Gasteiger partial charge in [0.1, 0.15) is 5.76 Å². The Morgan fingerprint density at radius 3 is 2.67 bits per heavy atom. The molecule has 2 aromatic rings. The van der Waals surface area contributed by atoms with E-state index in [9.17, 15) is 8.78 Å². The van der Waals surface area contributed by atoms with E-state index in [1.54, 1.807) is 18.4 Å². The average molecular weight is 316 g/mol. The third-order valence-electron chi connectivity index (χ3n) is 2.70. The van der Waals surface area contributed by atoms with Crippen molar-refractivity contribution in [2.75, 3.05) is 0 Å². The maximum Gasteiger partial charge on any atom is 0.159 e. The van der Waals surface area contributed by atoms with E-state index in [-0.39, 0.29) is 6.04 Å². The molecule has 0 bridgehead atoms. The van der Waals surface area contributed by atoms with Crippen LogP contribution in [0.25, 0.3) is 0 Å². The predicted octanol–water partition coefficient (Wildman–Crippen LogP) is 4.17. The number of benzene rings is 1. The standard InChI is InChI=1S/C13H12BrF2NO/c1-8(9-2-3-11(15)12(16)6-9)17-7-13-10(14)4-5-18-13/h2-6,8,17H,7H2,1H3. The summed E-state index contributed by atoms with van der Waals surface area (Å²) in [4.78, 5) is 0. The van der Waals surface area contributed by atoms with E-state index in [0.29, 0.717) is 12.1 Å². The zero-order valence-corrected chi connectivity index (χ0v) is 11.3. The Balaban J connectivity index is 2.01. The van der Waals surface area contributed by atoms with Gasteiger partial charge < -0.3 is 9.73 Å². The third-order valence-corrected chi connectivity index (χ3v) is 3.41. The quantitative estimate of drug-likeness (QED) is 0.916. The summed E-state index contributed by atoms with van der Waals surface area (Å²) in [6.45, 7) is 2.39. The molecule has 0 fully saturated rings. The fourth-order valence-corrected chi connectivity index (χ4v) is 1.94. The molecule has 0 spiro atoms. The molecule has 1 unspecified atom stereocenters. The number of rotatable bonds is 4. The van der Waals surface area contributed by atoms with Crippen LogP contribution in [0.4, 0.5) is 8.78 Å². The van der Waals surface area contributed by atoms with Gasteiger partial charge in [-0.3, -0.25) is 0 Å². The van der Waals surface area contributed by atoms with Crippen LogP contribution in [0.5, 0.6) is 0 Å². The minimum Gasteiger partial charge on any atom is -0.467 e. The Morgan fingerprint density at radius 1 is 1.28 bits per heavy atom. The average Bonchev–Trinajstić information content (AvgIpc) is 2.75. The van der Waals surface area contributed by atoms with Crippen molar-refractivity contribution < 1.29 is 13.2 Å². The highest BCUT2D eigenvalue weighted by atomic mass is 79.9. The number of hydrogen-bond acceptors (Lipinski definition) is 2. The van der Waals surface area contributed by atoms with Crippen LogP contribution in [-0.4, -0.2) is 0 Å². The molecule has 1 N–H and O–H groups in total. The van der Waals surface area contributed by atoms with Crippen LogP contribution in [0.2, 0.25) is 0 Å². The fraction of sp³-hybridized carbons (Fsp3) is 0.231. The highest BCUT2D eigenvalue weighted by Gasteiger charge is 2.10. The molecule has 18 heavy (non-hydrogen) atoms. The van der Waals surface area contributed by atoms with Gasteiger partial charge in [0.25, 0.3) is 0 Å². The van der Waals surface area contributed by atoms with Crippen molar-refractivity contribution in [3.05, 3.63) is 58.0 Å². The number of nitrogens with one attached hydrogen (secondary N) is 1. The summed E-state index contributed by atoms with van der Waals surface area (Å²) in [5, 5.41) is 3.18. The first-order valence-corrected chi connectivity index (χ1v) is 6.27. The molecule has 0 radical (unpaired) electrons. The van der Waals surface area contributed by atoms with Gasteiger partial charge in [0, 0.05) is 6.04 Å². The van der Waals surface area contributed by atoms with Gasteiger partial charge in [-0.15, -0.1) is 0 Å². The van der Waals surface area contributed by atoms with Gasteiger partial charge in [0.2, 0.25) is 0 Å². The number of furan rings is 1. The molecular weight excluding hydrogens is 304 g/mol. The summed E-state index contributed by atoms with van der Waals surface area (Å²) < 4.78 is 32.0. The second kappa shape index (κ2) is 5.63. The molecule has 96 valence electrons. The van der Waals surface area contributed by atoms with Crippen LogP contribution in [0.3, 0.4) is 0 Å². The first-order valence-electron chi connectivity index (χ1n) is 5.48. The summed E-state index contributed by atoms with van der Waals surface area (Å²) >= 11 is 3.35. The Hall–Kier alpha value is -1.20. The topological polar surface area (TPSA) is 25.2 Å². The molecule has 2 nitrogen and oxygen atoms in total. The number of hydrogen-bond donors (Lipinski definition) is 1. The molecule has 1 aromatic carbocycles. The molecule has 1 atom stereocenters. The monoisotopic (exact) mass is 315 g/mol. The van der Waals surface area contributed by atoms with Crippen LogP contribution >= 0.6 is 15.9 Å². The molecule has 0 amide bonds. The van der Waals surface area contributed by atoms with Crippen LogP contribution < -0.4 is 5.32 Å². The highest BCUT2D eigenvalue weighted by molar-refractivity contribution is 9.10. The van der Waals surface area contributed by atoms with E-state index < -0.39 is 11.6 Å². The molecule has 0 saturated carbocycles. The van der Waals surface area contributed by atoms with Gasteiger partial charge in [-0.1, -0.05) is 6.07 Å². The van der Waals surface area contributed by atoms with Crippen LogP contribution in [0.1, 0.15) is 24.3 Å². The lowest BCUT2D eigenvalue weighted by Crippen LogP contribution is -2.18. The maximum atomic E-state index is 13.1. The molecule has 5 heteroatoms. The molecule has 1 aromatic heterocycles. The van der Waals surface area contributed by atoms with Crippen molar-refractivity contribution >= 4 is 15.9 Å². The van der Waals surface area contributed by atoms with Gasteiger partial charge in [-0.25, -0.2) is 8.78 Å². The summed E-state index contributed by atoms with van der Waals surface area (Å²) in [5.74, 6) is -0.899. The van der Waals surface area contributed by atoms with Gasteiger partial charge >= 0.3 is 0 Å². The molecule has 0 aliphatic rings. The minimum atomic E-state index is -0.834. The zero-order valence-electron chi connectivity index (χ0n) is 9.71. The molecule has 0 aliphatic carbocycles. The summed E-state index contributed by atoms with van der Waals surface area (Å²) in [5.41, 5.74) is 0.691. The summed E-state index contributed by atoms with van der Waals surface area (Å²) in [6, 6.07) is 5.60. The van der Waals surface area contributed by atoms with E-state index >= 15 is 0 Å². The molecule has 2 rings (SSSR count). The van der Waals surface area contributed by atoms with E-state index in [4.69, 9.17) is 4.42 Å². The first-order chi connectivity index (χ1) is 8.58. The minimum absolute atomic E-state index is 0.0999. The van der Waals surface area contributed by atoms with Crippen LogP contribution in [-0.2, 0) is 6.54 Å². The van der Waals surface area contributed by atoms with Gasteiger partial charge in [-0.05, 0) is 46.6 Å².